The number of nitrogens with zero attached hydrogens (tertiary/aromatic N) is 1. The third-order valence-electron chi connectivity index (χ3n) is 5.59. The Kier molecular flexibility index (Phi) is 5.76. The van der Waals surface area contributed by atoms with Crippen LogP contribution in [0.15, 0.2) is 66.4 Å². The van der Waals surface area contributed by atoms with Gasteiger partial charge in [-0.1, -0.05) is 48.0 Å². The van der Waals surface area contributed by atoms with Gasteiger partial charge in [-0.05, 0) is 67.3 Å². The van der Waals surface area contributed by atoms with E-state index in [1.54, 1.807) is 31.4 Å². The quantitative estimate of drug-likeness (QED) is 0.513. The highest BCUT2D eigenvalue weighted by Crippen LogP contribution is 2.38. The van der Waals surface area contributed by atoms with E-state index in [2.05, 4.69) is 5.32 Å². The van der Waals surface area contributed by atoms with Gasteiger partial charge in [-0.2, -0.15) is 0 Å². The molecule has 162 valence electrons. The van der Waals surface area contributed by atoms with Crippen molar-refractivity contribution in [2.45, 2.75) is 20.8 Å². The summed E-state index contributed by atoms with van der Waals surface area (Å²) in [7, 11) is 1.56. The lowest BCUT2D eigenvalue weighted by Crippen LogP contribution is -2.32. The Labute approximate surface area is 192 Å². The van der Waals surface area contributed by atoms with Crippen LogP contribution in [0, 0.1) is 20.8 Å². The standard InChI is InChI=1S/C26H23ClN2O3/c1-15-9-12-22(32-4)20(13-15)28-24-23(18-11-10-16(2)17(3)14-18)25(30)29(26(24)31)21-8-6-5-7-19(21)27/h5-14,28H,1-4H3. The summed E-state index contributed by atoms with van der Waals surface area (Å²) in [6.07, 6.45) is 0. The van der Waals surface area contributed by atoms with Crippen molar-refractivity contribution in [1.29, 1.82) is 0 Å². The maximum absolute atomic E-state index is 13.6. The van der Waals surface area contributed by atoms with E-state index in [1.165, 1.54) is 0 Å². The predicted molar refractivity (Wildman–Crippen MR) is 128 cm³/mol. The fourth-order valence-electron chi connectivity index (χ4n) is 3.72. The topological polar surface area (TPSA) is 58.6 Å². The first-order valence-electron chi connectivity index (χ1n) is 10.2. The van der Waals surface area contributed by atoms with E-state index >= 15 is 0 Å². The molecule has 1 N–H and O–H groups in total. The maximum Gasteiger partial charge on any atom is 0.282 e. The summed E-state index contributed by atoms with van der Waals surface area (Å²) in [4.78, 5) is 28.3. The van der Waals surface area contributed by atoms with Gasteiger partial charge in [0.2, 0.25) is 0 Å². The highest BCUT2D eigenvalue weighted by atomic mass is 35.5. The van der Waals surface area contributed by atoms with E-state index in [0.717, 1.165) is 21.6 Å². The van der Waals surface area contributed by atoms with Crippen molar-refractivity contribution in [1.82, 2.24) is 0 Å². The first-order chi connectivity index (χ1) is 15.3. The summed E-state index contributed by atoms with van der Waals surface area (Å²) in [5, 5.41) is 3.51. The van der Waals surface area contributed by atoms with Crippen LogP contribution >= 0.6 is 11.6 Å². The highest BCUT2D eigenvalue weighted by Gasteiger charge is 2.41. The Balaban J connectivity index is 1.90. The molecule has 3 aromatic rings. The molecule has 4 rings (SSSR count). The van der Waals surface area contributed by atoms with Crippen LogP contribution in [0.4, 0.5) is 11.4 Å². The second-order valence-corrected chi connectivity index (χ2v) is 8.18. The van der Waals surface area contributed by atoms with Crippen LogP contribution in [-0.2, 0) is 9.59 Å². The number of imide groups is 1. The molecule has 0 unspecified atom stereocenters. The fourth-order valence-corrected chi connectivity index (χ4v) is 3.94. The summed E-state index contributed by atoms with van der Waals surface area (Å²) in [5.41, 5.74) is 5.20. The second-order valence-electron chi connectivity index (χ2n) is 7.77. The molecule has 0 radical (unpaired) electrons. The van der Waals surface area contributed by atoms with E-state index in [-0.39, 0.29) is 5.70 Å². The molecular formula is C26H23ClN2O3. The molecule has 0 fully saturated rings. The highest BCUT2D eigenvalue weighted by molar-refractivity contribution is 6.48. The number of para-hydroxylation sites is 1. The lowest BCUT2D eigenvalue weighted by molar-refractivity contribution is -0.120. The minimum Gasteiger partial charge on any atom is -0.495 e. The molecule has 5 nitrogen and oxygen atoms in total. The van der Waals surface area contributed by atoms with Gasteiger partial charge < -0.3 is 10.1 Å². The zero-order valence-electron chi connectivity index (χ0n) is 18.3. The number of halogens is 1. The number of anilines is 2. The molecule has 1 aliphatic rings. The van der Waals surface area contributed by atoms with Crippen molar-refractivity contribution in [2.24, 2.45) is 0 Å². The number of ether oxygens (including phenoxy) is 1. The number of amides is 2. The van der Waals surface area contributed by atoms with E-state index in [1.807, 2.05) is 57.2 Å². The van der Waals surface area contributed by atoms with Gasteiger partial charge in [0.1, 0.15) is 11.4 Å². The predicted octanol–water partition coefficient (Wildman–Crippen LogP) is 5.67. The van der Waals surface area contributed by atoms with Crippen LogP contribution in [0.1, 0.15) is 22.3 Å². The first kappa shape index (κ1) is 21.7. The normalized spacial score (nSPS) is 13.7. The lowest BCUT2D eigenvalue weighted by atomic mass is 9.99. The zero-order valence-corrected chi connectivity index (χ0v) is 19.1. The van der Waals surface area contributed by atoms with Crippen LogP contribution in [-0.4, -0.2) is 18.9 Å². The van der Waals surface area contributed by atoms with Crippen molar-refractivity contribution < 1.29 is 14.3 Å². The molecular weight excluding hydrogens is 424 g/mol. The minimum absolute atomic E-state index is 0.182. The third kappa shape index (κ3) is 3.76. The van der Waals surface area contributed by atoms with E-state index < -0.39 is 11.8 Å². The number of rotatable bonds is 5. The van der Waals surface area contributed by atoms with Gasteiger partial charge in [0.15, 0.2) is 0 Å². The van der Waals surface area contributed by atoms with E-state index in [9.17, 15) is 9.59 Å². The molecule has 1 aliphatic heterocycles. The van der Waals surface area contributed by atoms with Gasteiger partial charge in [-0.3, -0.25) is 9.59 Å². The molecule has 1 heterocycles. The number of nitrogens with one attached hydrogen (secondary N) is 1. The van der Waals surface area contributed by atoms with Crippen LogP contribution in [0.25, 0.3) is 5.57 Å². The van der Waals surface area contributed by atoms with Crippen molar-refractivity contribution >= 4 is 40.4 Å². The molecule has 32 heavy (non-hydrogen) atoms. The van der Waals surface area contributed by atoms with Gasteiger partial charge in [-0.15, -0.1) is 0 Å². The summed E-state index contributed by atoms with van der Waals surface area (Å²) < 4.78 is 5.46. The molecule has 2 amide bonds. The van der Waals surface area contributed by atoms with Crippen LogP contribution in [0.3, 0.4) is 0 Å². The number of carbonyl (C=O) groups excluding carboxylic acids is 2. The number of hydrogen-bond donors (Lipinski definition) is 1. The molecule has 3 aromatic carbocycles. The van der Waals surface area contributed by atoms with Crippen LogP contribution in [0.2, 0.25) is 5.02 Å². The van der Waals surface area contributed by atoms with Gasteiger partial charge in [0, 0.05) is 0 Å². The largest absolute Gasteiger partial charge is 0.495 e. The maximum atomic E-state index is 13.6. The Hall–Kier alpha value is -3.57. The van der Waals surface area contributed by atoms with Gasteiger partial charge in [0.05, 0.1) is 29.1 Å². The third-order valence-corrected chi connectivity index (χ3v) is 5.91. The second kappa shape index (κ2) is 8.52. The molecule has 0 saturated carbocycles. The molecule has 0 saturated heterocycles. The smallest absolute Gasteiger partial charge is 0.282 e. The van der Waals surface area contributed by atoms with Crippen LogP contribution in [0.5, 0.6) is 5.75 Å². The minimum atomic E-state index is -0.472. The van der Waals surface area contributed by atoms with Crippen LogP contribution < -0.4 is 15.0 Å². The average molecular weight is 447 g/mol. The molecule has 0 atom stereocenters. The molecule has 6 heteroatoms. The lowest BCUT2D eigenvalue weighted by Gasteiger charge is -2.17. The van der Waals surface area contributed by atoms with Gasteiger partial charge in [0.25, 0.3) is 11.8 Å². The van der Waals surface area contributed by atoms with Crippen molar-refractivity contribution in [3.63, 3.8) is 0 Å². The van der Waals surface area contributed by atoms with Crippen molar-refractivity contribution in [2.75, 3.05) is 17.3 Å². The number of aryl methyl sites for hydroxylation is 3. The molecule has 0 aliphatic carbocycles. The molecule has 0 bridgehead atoms. The van der Waals surface area contributed by atoms with Gasteiger partial charge in [-0.25, -0.2) is 4.90 Å². The number of methoxy groups -OCH3 is 1. The summed E-state index contributed by atoms with van der Waals surface area (Å²) in [6.45, 7) is 5.92. The number of carbonyl (C=O) groups is 2. The van der Waals surface area contributed by atoms with E-state index in [4.69, 9.17) is 16.3 Å². The van der Waals surface area contributed by atoms with E-state index in [0.29, 0.717) is 33.3 Å². The summed E-state index contributed by atoms with van der Waals surface area (Å²) >= 11 is 6.35. The Morgan fingerprint density at radius 3 is 2.31 bits per heavy atom. The number of benzene rings is 3. The number of hydrogen-bond acceptors (Lipinski definition) is 4. The average Bonchev–Trinajstić information content (AvgIpc) is 3.00. The van der Waals surface area contributed by atoms with Crippen molar-refractivity contribution in [3.8, 4) is 5.75 Å². The Bertz CT molecular complexity index is 1280. The fraction of sp³-hybridized carbons (Fsp3) is 0.154. The molecule has 0 spiro atoms. The SMILES string of the molecule is COc1ccc(C)cc1NC1=C(c2ccc(C)c(C)c2)C(=O)N(c2ccccc2Cl)C1=O. The summed E-state index contributed by atoms with van der Waals surface area (Å²) in [5.74, 6) is -0.334. The monoisotopic (exact) mass is 446 g/mol. The van der Waals surface area contributed by atoms with Crippen molar-refractivity contribution in [3.05, 3.63) is 93.6 Å². The van der Waals surface area contributed by atoms with Gasteiger partial charge >= 0.3 is 0 Å². The Morgan fingerprint density at radius 2 is 1.62 bits per heavy atom. The first-order valence-corrected chi connectivity index (χ1v) is 10.6. The summed E-state index contributed by atoms with van der Waals surface area (Å²) in [6, 6.07) is 18.1. The Morgan fingerprint density at radius 1 is 0.875 bits per heavy atom. The molecule has 0 aromatic heterocycles. The zero-order chi connectivity index (χ0) is 23.0.